The van der Waals surface area contributed by atoms with Crippen molar-refractivity contribution in [2.75, 3.05) is 5.32 Å². The largest absolute Gasteiger partial charge is 0.374 e. The molecule has 154 valence electrons. The van der Waals surface area contributed by atoms with Crippen molar-refractivity contribution in [1.82, 2.24) is 5.43 Å². The van der Waals surface area contributed by atoms with Crippen LogP contribution in [0.3, 0.4) is 0 Å². The molecule has 30 heavy (non-hydrogen) atoms. The third-order valence-electron chi connectivity index (χ3n) is 4.97. The monoisotopic (exact) mass is 399 g/mol. The number of carbonyl (C=O) groups excluding carboxylic acids is 1. The van der Waals surface area contributed by atoms with Crippen LogP contribution in [0.25, 0.3) is 16.8 Å². The van der Waals surface area contributed by atoms with Crippen LogP contribution >= 0.6 is 0 Å². The topological polar surface area (TPSA) is 53.5 Å². The SMILES string of the molecule is C/C(C=NNC(=O)C(C)Nc1ccc2ccccc2c1)=C/c1ccc(C(C)C)cc1. The van der Waals surface area contributed by atoms with Crippen molar-refractivity contribution >= 4 is 34.7 Å². The Hall–Kier alpha value is -3.40. The number of hydrazone groups is 1. The van der Waals surface area contributed by atoms with E-state index in [-0.39, 0.29) is 5.91 Å². The van der Waals surface area contributed by atoms with Gasteiger partial charge in [0, 0.05) is 5.69 Å². The Balaban J connectivity index is 1.54. The third kappa shape index (κ3) is 5.80. The van der Waals surface area contributed by atoms with Crippen LogP contribution in [-0.2, 0) is 4.79 Å². The van der Waals surface area contributed by atoms with Gasteiger partial charge in [0.1, 0.15) is 6.04 Å². The highest BCUT2D eigenvalue weighted by Crippen LogP contribution is 2.19. The second kappa shape index (κ2) is 9.88. The smallest absolute Gasteiger partial charge is 0.262 e. The number of anilines is 1. The van der Waals surface area contributed by atoms with Gasteiger partial charge in [-0.25, -0.2) is 5.43 Å². The maximum Gasteiger partial charge on any atom is 0.262 e. The zero-order valence-corrected chi connectivity index (χ0v) is 18.0. The van der Waals surface area contributed by atoms with Crippen molar-refractivity contribution in [2.45, 2.75) is 39.7 Å². The van der Waals surface area contributed by atoms with E-state index >= 15 is 0 Å². The Labute approximate surface area is 178 Å². The summed E-state index contributed by atoms with van der Waals surface area (Å²) < 4.78 is 0. The van der Waals surface area contributed by atoms with E-state index in [2.05, 4.69) is 66.1 Å². The zero-order valence-electron chi connectivity index (χ0n) is 18.0. The van der Waals surface area contributed by atoms with Crippen LogP contribution in [0.1, 0.15) is 44.7 Å². The van der Waals surface area contributed by atoms with Crippen LogP contribution in [0.15, 0.2) is 77.4 Å². The summed E-state index contributed by atoms with van der Waals surface area (Å²) in [5.74, 6) is 0.333. The molecule has 4 heteroatoms. The van der Waals surface area contributed by atoms with E-state index in [1.165, 1.54) is 10.9 Å². The number of nitrogens with zero attached hydrogens (tertiary/aromatic N) is 1. The molecule has 0 aliphatic carbocycles. The molecule has 0 bridgehead atoms. The second-order valence-electron chi connectivity index (χ2n) is 7.87. The lowest BCUT2D eigenvalue weighted by atomic mass is 10.0. The van der Waals surface area contributed by atoms with Crippen LogP contribution in [-0.4, -0.2) is 18.2 Å². The van der Waals surface area contributed by atoms with E-state index in [4.69, 9.17) is 0 Å². The molecule has 2 N–H and O–H groups in total. The number of carbonyl (C=O) groups is 1. The van der Waals surface area contributed by atoms with E-state index in [0.29, 0.717) is 5.92 Å². The van der Waals surface area contributed by atoms with Gasteiger partial charge in [0.2, 0.25) is 0 Å². The summed E-state index contributed by atoms with van der Waals surface area (Å²) in [5, 5.41) is 9.63. The number of allylic oxidation sites excluding steroid dienone is 1. The van der Waals surface area contributed by atoms with Gasteiger partial charge < -0.3 is 5.32 Å². The second-order valence-corrected chi connectivity index (χ2v) is 7.87. The molecule has 0 aliphatic heterocycles. The molecule has 0 saturated carbocycles. The first-order chi connectivity index (χ1) is 14.4. The van der Waals surface area contributed by atoms with Crippen LogP contribution in [0, 0.1) is 0 Å². The maximum absolute atomic E-state index is 12.3. The molecular weight excluding hydrogens is 370 g/mol. The first-order valence-corrected chi connectivity index (χ1v) is 10.3. The summed E-state index contributed by atoms with van der Waals surface area (Å²) >= 11 is 0. The Kier molecular flexibility index (Phi) is 7.02. The predicted octanol–water partition coefficient (Wildman–Crippen LogP) is 5.97. The number of amides is 1. The van der Waals surface area contributed by atoms with Gasteiger partial charge in [-0.15, -0.1) is 0 Å². The lowest BCUT2D eigenvalue weighted by Gasteiger charge is -2.14. The minimum Gasteiger partial charge on any atom is -0.374 e. The normalized spacial score (nSPS) is 13.0. The average molecular weight is 400 g/mol. The molecule has 1 amide bonds. The van der Waals surface area contributed by atoms with Crippen LogP contribution in [0.4, 0.5) is 5.69 Å². The molecule has 0 saturated heterocycles. The van der Waals surface area contributed by atoms with E-state index in [1.54, 1.807) is 6.21 Å². The molecule has 0 heterocycles. The molecule has 3 aromatic rings. The quantitative estimate of drug-likeness (QED) is 0.380. The highest BCUT2D eigenvalue weighted by molar-refractivity contribution is 5.89. The Morgan fingerprint density at radius 3 is 2.33 bits per heavy atom. The number of nitrogens with one attached hydrogen (secondary N) is 2. The molecule has 0 aromatic heterocycles. The Bertz CT molecular complexity index is 1070. The molecule has 0 radical (unpaired) electrons. The summed E-state index contributed by atoms with van der Waals surface area (Å²) in [6.07, 6.45) is 3.70. The van der Waals surface area contributed by atoms with E-state index in [9.17, 15) is 4.79 Å². The fraction of sp³-hybridized carbons (Fsp3) is 0.231. The number of hydrogen-bond acceptors (Lipinski definition) is 3. The van der Waals surface area contributed by atoms with E-state index < -0.39 is 6.04 Å². The molecule has 0 spiro atoms. The number of rotatable bonds is 7. The number of fused-ring (bicyclic) bond motifs is 1. The summed E-state index contributed by atoms with van der Waals surface area (Å²) in [6, 6.07) is 22.3. The molecule has 3 rings (SSSR count). The maximum atomic E-state index is 12.3. The van der Waals surface area contributed by atoms with Gasteiger partial charge in [0.05, 0.1) is 6.21 Å². The van der Waals surface area contributed by atoms with Crippen molar-refractivity contribution in [3.8, 4) is 0 Å². The van der Waals surface area contributed by atoms with Gasteiger partial charge in [-0.3, -0.25) is 4.79 Å². The third-order valence-corrected chi connectivity index (χ3v) is 4.97. The van der Waals surface area contributed by atoms with Crippen molar-refractivity contribution in [3.63, 3.8) is 0 Å². The molecule has 4 nitrogen and oxygen atoms in total. The molecule has 3 aromatic carbocycles. The lowest BCUT2D eigenvalue weighted by Crippen LogP contribution is -2.34. The standard InChI is InChI=1S/C26H29N3O/c1-18(2)22-11-9-21(10-12-22)15-19(3)17-27-29-26(30)20(4)28-25-14-13-23-7-5-6-8-24(23)16-25/h5-18,20,28H,1-4H3,(H,29,30)/b19-15-,27-17?. The summed E-state index contributed by atoms with van der Waals surface area (Å²) in [5.41, 5.74) is 6.90. The lowest BCUT2D eigenvalue weighted by molar-refractivity contribution is -0.121. The Morgan fingerprint density at radius 2 is 1.63 bits per heavy atom. The fourth-order valence-corrected chi connectivity index (χ4v) is 3.17. The van der Waals surface area contributed by atoms with Gasteiger partial charge >= 0.3 is 0 Å². The van der Waals surface area contributed by atoms with Gasteiger partial charge in [0.15, 0.2) is 0 Å². The Morgan fingerprint density at radius 1 is 0.933 bits per heavy atom. The molecule has 0 fully saturated rings. The van der Waals surface area contributed by atoms with Crippen LogP contribution in [0.5, 0.6) is 0 Å². The average Bonchev–Trinajstić information content (AvgIpc) is 2.74. The van der Waals surface area contributed by atoms with Crippen LogP contribution < -0.4 is 10.7 Å². The summed E-state index contributed by atoms with van der Waals surface area (Å²) in [7, 11) is 0. The molecule has 0 aliphatic rings. The minimum absolute atomic E-state index is 0.187. The highest BCUT2D eigenvalue weighted by Gasteiger charge is 2.11. The van der Waals surface area contributed by atoms with Crippen LogP contribution in [0.2, 0.25) is 0 Å². The van der Waals surface area contributed by atoms with Crippen molar-refractivity contribution in [3.05, 3.63) is 83.4 Å². The minimum atomic E-state index is -0.406. The van der Waals surface area contributed by atoms with Crippen molar-refractivity contribution in [2.24, 2.45) is 5.10 Å². The summed E-state index contributed by atoms with van der Waals surface area (Å²) in [6.45, 7) is 8.14. The van der Waals surface area contributed by atoms with Gasteiger partial charge in [-0.2, -0.15) is 5.10 Å². The zero-order chi connectivity index (χ0) is 21.5. The summed E-state index contributed by atoms with van der Waals surface area (Å²) in [4.78, 5) is 12.3. The number of hydrogen-bond donors (Lipinski definition) is 2. The van der Waals surface area contributed by atoms with Crippen molar-refractivity contribution in [1.29, 1.82) is 0 Å². The van der Waals surface area contributed by atoms with E-state index in [1.807, 2.05) is 50.3 Å². The first kappa shape index (κ1) is 21.3. The number of benzene rings is 3. The molecular formula is C26H29N3O. The van der Waals surface area contributed by atoms with Gasteiger partial charge in [-0.1, -0.05) is 74.5 Å². The van der Waals surface area contributed by atoms with Gasteiger partial charge in [0.25, 0.3) is 5.91 Å². The highest BCUT2D eigenvalue weighted by atomic mass is 16.2. The van der Waals surface area contributed by atoms with Crippen molar-refractivity contribution < 1.29 is 4.79 Å². The van der Waals surface area contributed by atoms with Gasteiger partial charge in [-0.05, 0) is 59.4 Å². The molecule has 1 unspecified atom stereocenters. The molecule has 1 atom stereocenters. The first-order valence-electron chi connectivity index (χ1n) is 10.3. The van der Waals surface area contributed by atoms with E-state index in [0.717, 1.165) is 22.2 Å². The fourth-order valence-electron chi connectivity index (χ4n) is 3.17. The predicted molar refractivity (Wildman–Crippen MR) is 128 cm³/mol.